The van der Waals surface area contributed by atoms with Crippen molar-refractivity contribution in [3.05, 3.63) is 53.6 Å². The molecule has 3 rings (SSSR count). The Morgan fingerprint density at radius 3 is 3.04 bits per heavy atom. The van der Waals surface area contributed by atoms with Crippen molar-refractivity contribution in [2.45, 2.75) is 31.6 Å². The minimum atomic E-state index is -0.313. The van der Waals surface area contributed by atoms with Crippen LogP contribution in [0.4, 0.5) is 0 Å². The van der Waals surface area contributed by atoms with Crippen molar-refractivity contribution in [3.8, 4) is 0 Å². The standard InChI is InChI=1S/C19H24BN3O4/c1-26-9-10-27-19(25)15-4-2-3-14-11-17(20-12-16(14)15)22-18(24)5-7-23-8-6-21-13-23/h2-4,6,8,13,17,20H,5,7,9-12H2,1H3,(H,22,24)/t17-/m0/s1. The largest absolute Gasteiger partial charge is 0.460 e. The molecule has 0 aliphatic carbocycles. The predicted molar refractivity (Wildman–Crippen MR) is 102 cm³/mol. The van der Waals surface area contributed by atoms with Gasteiger partial charge in [-0.25, -0.2) is 9.78 Å². The molecule has 2 aromatic rings. The minimum Gasteiger partial charge on any atom is -0.460 e. The lowest BCUT2D eigenvalue weighted by Crippen LogP contribution is -2.44. The van der Waals surface area contributed by atoms with Gasteiger partial charge >= 0.3 is 5.97 Å². The quantitative estimate of drug-likeness (QED) is 0.421. The second-order valence-electron chi connectivity index (χ2n) is 6.63. The van der Waals surface area contributed by atoms with E-state index in [2.05, 4.69) is 10.3 Å². The number of nitrogens with one attached hydrogen (secondary N) is 1. The number of nitrogens with zero attached hydrogens (tertiary/aromatic N) is 2. The molecule has 7 nitrogen and oxygen atoms in total. The maximum absolute atomic E-state index is 12.3. The number of hydrogen-bond donors (Lipinski definition) is 1. The van der Waals surface area contributed by atoms with Crippen molar-refractivity contribution < 1.29 is 19.1 Å². The molecule has 0 radical (unpaired) electrons. The maximum Gasteiger partial charge on any atom is 0.338 e. The molecule has 8 heteroatoms. The van der Waals surface area contributed by atoms with E-state index < -0.39 is 0 Å². The molecule has 2 heterocycles. The number of carbonyl (C=O) groups is 2. The van der Waals surface area contributed by atoms with Gasteiger partial charge in [0.15, 0.2) is 7.28 Å². The number of rotatable bonds is 8. The molecule has 1 aliphatic heterocycles. The van der Waals surface area contributed by atoms with Gasteiger partial charge in [-0.15, -0.1) is 0 Å². The Morgan fingerprint density at radius 2 is 2.26 bits per heavy atom. The van der Waals surface area contributed by atoms with E-state index in [4.69, 9.17) is 9.47 Å². The van der Waals surface area contributed by atoms with E-state index in [9.17, 15) is 9.59 Å². The van der Waals surface area contributed by atoms with E-state index in [1.165, 1.54) is 0 Å². The van der Waals surface area contributed by atoms with Gasteiger partial charge in [-0.2, -0.15) is 0 Å². The summed E-state index contributed by atoms with van der Waals surface area (Å²) < 4.78 is 12.1. The number of carbonyl (C=O) groups excluding carboxylic acids is 2. The van der Waals surface area contributed by atoms with E-state index in [1.54, 1.807) is 25.7 Å². The first-order chi connectivity index (χ1) is 13.2. The Kier molecular flexibility index (Phi) is 6.65. The number of methoxy groups -OCH3 is 1. The molecule has 0 unspecified atom stereocenters. The molecule has 0 bridgehead atoms. The average Bonchev–Trinajstić information content (AvgIpc) is 3.19. The van der Waals surface area contributed by atoms with E-state index in [1.807, 2.05) is 22.9 Å². The zero-order chi connectivity index (χ0) is 19.1. The van der Waals surface area contributed by atoms with Crippen LogP contribution in [0.25, 0.3) is 0 Å². The van der Waals surface area contributed by atoms with Gasteiger partial charge in [0.05, 0.1) is 18.5 Å². The lowest BCUT2D eigenvalue weighted by Gasteiger charge is -2.26. The van der Waals surface area contributed by atoms with Crippen LogP contribution in [-0.2, 0) is 33.6 Å². The number of amides is 1. The van der Waals surface area contributed by atoms with Crippen molar-refractivity contribution in [1.29, 1.82) is 0 Å². The van der Waals surface area contributed by atoms with Crippen molar-refractivity contribution in [3.63, 3.8) is 0 Å². The second-order valence-corrected chi connectivity index (χ2v) is 6.63. The van der Waals surface area contributed by atoms with Crippen molar-refractivity contribution >= 4 is 19.2 Å². The highest BCUT2D eigenvalue weighted by molar-refractivity contribution is 6.38. The zero-order valence-electron chi connectivity index (χ0n) is 15.5. The first-order valence-corrected chi connectivity index (χ1v) is 9.19. The summed E-state index contributed by atoms with van der Waals surface area (Å²) in [6.07, 6.45) is 7.15. The Morgan fingerprint density at radius 1 is 1.37 bits per heavy atom. The van der Waals surface area contributed by atoms with Gasteiger partial charge in [-0.3, -0.25) is 4.79 Å². The molecule has 0 saturated carbocycles. The lowest BCUT2D eigenvalue weighted by atomic mass is 9.57. The first kappa shape index (κ1) is 19.2. The highest BCUT2D eigenvalue weighted by atomic mass is 16.6. The summed E-state index contributed by atoms with van der Waals surface area (Å²) in [4.78, 5) is 28.5. The zero-order valence-corrected chi connectivity index (χ0v) is 15.5. The number of benzene rings is 1. The third-order valence-electron chi connectivity index (χ3n) is 4.74. The molecule has 1 aliphatic rings. The summed E-state index contributed by atoms with van der Waals surface area (Å²) in [6, 6.07) is 5.69. The van der Waals surface area contributed by atoms with Crippen molar-refractivity contribution in [2.75, 3.05) is 20.3 Å². The summed E-state index contributed by atoms with van der Waals surface area (Å²) >= 11 is 0. The van der Waals surface area contributed by atoms with Gasteiger partial charge in [-0.05, 0) is 29.9 Å². The predicted octanol–water partition coefficient (Wildman–Crippen LogP) is 0.711. The normalized spacial score (nSPS) is 15.5. The fourth-order valence-corrected chi connectivity index (χ4v) is 3.37. The fourth-order valence-electron chi connectivity index (χ4n) is 3.37. The number of fused-ring (bicyclic) bond motifs is 1. The molecular formula is C19H24BN3O4. The monoisotopic (exact) mass is 369 g/mol. The van der Waals surface area contributed by atoms with Crippen LogP contribution in [0.2, 0.25) is 0 Å². The van der Waals surface area contributed by atoms with Crippen LogP contribution in [0.5, 0.6) is 0 Å². The average molecular weight is 369 g/mol. The van der Waals surface area contributed by atoms with Crippen LogP contribution in [0, 0.1) is 0 Å². The van der Waals surface area contributed by atoms with Crippen LogP contribution >= 0.6 is 0 Å². The molecule has 0 saturated heterocycles. The SMILES string of the molecule is COCCOC(=O)c1cccc2c1CB[C@@H](NC(=O)CCn1ccnc1)C2. The summed E-state index contributed by atoms with van der Waals surface area (Å²) in [7, 11) is 2.38. The Bertz CT molecular complexity index is 779. The third kappa shape index (κ3) is 5.20. The molecule has 27 heavy (non-hydrogen) atoms. The molecule has 1 atom stereocenters. The van der Waals surface area contributed by atoms with E-state index in [0.717, 1.165) is 31.1 Å². The first-order valence-electron chi connectivity index (χ1n) is 9.19. The van der Waals surface area contributed by atoms with Crippen LogP contribution < -0.4 is 5.32 Å². The smallest absolute Gasteiger partial charge is 0.338 e. The van der Waals surface area contributed by atoms with E-state index in [-0.39, 0.29) is 24.4 Å². The van der Waals surface area contributed by atoms with E-state index >= 15 is 0 Å². The fraction of sp³-hybridized carbons (Fsp3) is 0.421. The summed E-state index contributed by atoms with van der Waals surface area (Å²) in [6.45, 7) is 1.25. The summed E-state index contributed by atoms with van der Waals surface area (Å²) in [5.41, 5.74) is 2.75. The minimum absolute atomic E-state index is 0.0345. The van der Waals surface area contributed by atoms with Crippen LogP contribution in [0.15, 0.2) is 36.9 Å². The number of esters is 1. The number of aromatic nitrogens is 2. The highest BCUT2D eigenvalue weighted by Crippen LogP contribution is 2.22. The van der Waals surface area contributed by atoms with Gasteiger partial charge in [0.25, 0.3) is 0 Å². The maximum atomic E-state index is 12.3. The Balaban J connectivity index is 1.55. The van der Waals surface area contributed by atoms with Gasteiger partial charge < -0.3 is 19.4 Å². The van der Waals surface area contributed by atoms with Crippen molar-refractivity contribution in [1.82, 2.24) is 14.9 Å². The molecule has 0 spiro atoms. The summed E-state index contributed by atoms with van der Waals surface area (Å²) in [5, 5.41) is 3.11. The number of imidazole rings is 1. The topological polar surface area (TPSA) is 82.5 Å². The summed E-state index contributed by atoms with van der Waals surface area (Å²) in [5.74, 6) is -0.188. The number of ether oxygens (including phenoxy) is 2. The highest BCUT2D eigenvalue weighted by Gasteiger charge is 2.25. The molecule has 0 fully saturated rings. The molecular weight excluding hydrogens is 345 g/mol. The Hall–Kier alpha value is -2.61. The van der Waals surface area contributed by atoms with Crippen LogP contribution in [-0.4, -0.2) is 55.0 Å². The molecule has 1 aromatic carbocycles. The lowest BCUT2D eigenvalue weighted by molar-refractivity contribution is -0.121. The molecule has 1 N–H and O–H groups in total. The number of hydrogen-bond acceptors (Lipinski definition) is 5. The van der Waals surface area contributed by atoms with Crippen LogP contribution in [0.1, 0.15) is 27.9 Å². The van der Waals surface area contributed by atoms with E-state index in [0.29, 0.717) is 25.1 Å². The molecule has 1 aromatic heterocycles. The van der Waals surface area contributed by atoms with Gasteiger partial charge in [-0.1, -0.05) is 12.1 Å². The van der Waals surface area contributed by atoms with Gasteiger partial charge in [0.2, 0.25) is 5.91 Å². The van der Waals surface area contributed by atoms with Gasteiger partial charge in [0.1, 0.15) is 6.61 Å². The van der Waals surface area contributed by atoms with Gasteiger partial charge in [0, 0.05) is 38.4 Å². The molecule has 142 valence electrons. The molecule has 1 amide bonds. The second kappa shape index (κ2) is 9.37. The van der Waals surface area contributed by atoms with Crippen LogP contribution in [0.3, 0.4) is 0 Å². The Labute approximate surface area is 159 Å². The number of aryl methyl sites for hydroxylation is 1. The third-order valence-corrected chi connectivity index (χ3v) is 4.74. The van der Waals surface area contributed by atoms with Crippen molar-refractivity contribution in [2.24, 2.45) is 0 Å².